The lowest BCUT2D eigenvalue weighted by molar-refractivity contribution is 1.13. The first-order chi connectivity index (χ1) is 19.8. The minimum Gasteiger partial charge on any atom is -0.309 e. The van der Waals surface area contributed by atoms with Crippen LogP contribution < -0.4 is 0 Å². The molecule has 0 fully saturated rings. The fraction of sp³-hybridized carbons (Fsp3) is 0.0270. The van der Waals surface area contributed by atoms with Gasteiger partial charge in [0.05, 0.1) is 11.0 Å². The van der Waals surface area contributed by atoms with E-state index in [1.165, 1.54) is 70.7 Å². The molecule has 0 saturated heterocycles. The lowest BCUT2D eigenvalue weighted by Gasteiger charge is -2.24. The number of para-hydroxylation sites is 1. The second kappa shape index (κ2) is 8.41. The molecule has 0 amide bonds. The van der Waals surface area contributed by atoms with Crippen molar-refractivity contribution in [1.29, 1.82) is 0 Å². The highest BCUT2D eigenvalue weighted by molar-refractivity contribution is 8.20. The molecule has 1 aliphatic heterocycles. The Bertz CT molecular complexity index is 2080. The lowest BCUT2D eigenvalue weighted by Crippen LogP contribution is -2.12. The highest BCUT2D eigenvalue weighted by Crippen LogP contribution is 2.69. The van der Waals surface area contributed by atoms with Gasteiger partial charge in [-0.2, -0.15) is 0 Å². The van der Waals surface area contributed by atoms with Crippen LogP contribution in [0.5, 0.6) is 0 Å². The first-order valence-electron chi connectivity index (χ1n) is 13.6. The molecule has 1 spiro atoms. The van der Waals surface area contributed by atoms with E-state index < -0.39 is 0 Å². The van der Waals surface area contributed by atoms with Crippen LogP contribution in [0.3, 0.4) is 0 Å². The number of nitrogens with zero attached hydrogens (tertiary/aromatic N) is 1. The summed E-state index contributed by atoms with van der Waals surface area (Å²) in [6, 6.07) is 51.3. The number of thioether (sulfide) groups is 2. The van der Waals surface area contributed by atoms with Crippen molar-refractivity contribution in [2.75, 3.05) is 0 Å². The standard InChI is InChI=1S/C37H23NS2/c1-2-10-24(11-3-1)25-18-20-34-30(22-25)29-14-6-9-17-33(29)38(34)26-19-21-35-36(23-26)40-37(39-35)31-15-7-4-12-27(31)28-13-5-8-16-32(28)37/h1-23H. The van der Waals surface area contributed by atoms with Crippen LogP contribution in [0, 0.1) is 0 Å². The van der Waals surface area contributed by atoms with Gasteiger partial charge in [-0.1, -0.05) is 127 Å². The van der Waals surface area contributed by atoms with Crippen LogP contribution in [-0.4, -0.2) is 4.57 Å². The van der Waals surface area contributed by atoms with E-state index in [1.54, 1.807) is 0 Å². The van der Waals surface area contributed by atoms with E-state index in [0.29, 0.717) is 0 Å². The highest BCUT2D eigenvalue weighted by Gasteiger charge is 2.49. The van der Waals surface area contributed by atoms with Crippen molar-refractivity contribution in [3.8, 4) is 27.9 Å². The Morgan fingerprint density at radius 2 is 1.10 bits per heavy atom. The summed E-state index contributed by atoms with van der Waals surface area (Å²) in [5.41, 5.74) is 11.7. The number of rotatable bonds is 2. The fourth-order valence-electron chi connectivity index (χ4n) is 6.57. The third-order valence-electron chi connectivity index (χ3n) is 8.33. The summed E-state index contributed by atoms with van der Waals surface area (Å²) < 4.78 is 2.30. The van der Waals surface area contributed by atoms with Gasteiger partial charge in [0.1, 0.15) is 4.08 Å². The topological polar surface area (TPSA) is 4.93 Å². The van der Waals surface area contributed by atoms with E-state index >= 15 is 0 Å². The maximum absolute atomic E-state index is 2.44. The van der Waals surface area contributed by atoms with Gasteiger partial charge in [0.25, 0.3) is 0 Å². The molecule has 188 valence electrons. The Morgan fingerprint density at radius 3 is 1.90 bits per heavy atom. The molecule has 0 atom stereocenters. The minimum absolute atomic E-state index is 0.139. The highest BCUT2D eigenvalue weighted by atomic mass is 32.2. The summed E-state index contributed by atoms with van der Waals surface area (Å²) in [6.07, 6.45) is 0. The monoisotopic (exact) mass is 545 g/mol. The quantitative estimate of drug-likeness (QED) is 0.213. The normalized spacial score (nSPS) is 14.5. The smallest absolute Gasteiger partial charge is 0.122 e. The van der Waals surface area contributed by atoms with Gasteiger partial charge in [-0.05, 0) is 69.8 Å². The van der Waals surface area contributed by atoms with Crippen LogP contribution in [0.25, 0.3) is 49.7 Å². The average molecular weight is 546 g/mol. The largest absolute Gasteiger partial charge is 0.309 e. The Kier molecular flexibility index (Phi) is 4.75. The molecular formula is C37H23NS2. The molecule has 0 saturated carbocycles. The van der Waals surface area contributed by atoms with Gasteiger partial charge in [-0.3, -0.25) is 0 Å². The van der Waals surface area contributed by atoms with E-state index in [1.807, 2.05) is 23.5 Å². The molecular weight excluding hydrogens is 523 g/mol. The SMILES string of the molecule is c1ccc(-c2ccc3c(c2)c2ccccc2n3-c2ccc3c(c2)SC2(S3)c3ccccc3-c3ccccc32)cc1. The third-order valence-corrected chi connectivity index (χ3v) is 11.5. The molecule has 1 nitrogen and oxygen atoms in total. The van der Waals surface area contributed by atoms with Crippen molar-refractivity contribution >= 4 is 45.3 Å². The Hall–Kier alpha value is -4.18. The van der Waals surface area contributed by atoms with Crippen LogP contribution in [0.4, 0.5) is 0 Å². The molecule has 3 heteroatoms. The van der Waals surface area contributed by atoms with E-state index in [0.717, 1.165) is 0 Å². The van der Waals surface area contributed by atoms with Crippen LogP contribution in [0.15, 0.2) is 149 Å². The summed E-state index contributed by atoms with van der Waals surface area (Å²) in [6.45, 7) is 0. The first-order valence-corrected chi connectivity index (χ1v) is 15.2. The maximum Gasteiger partial charge on any atom is 0.122 e. The van der Waals surface area contributed by atoms with Crippen molar-refractivity contribution in [1.82, 2.24) is 4.57 Å². The van der Waals surface area contributed by atoms with Crippen molar-refractivity contribution < 1.29 is 0 Å². The van der Waals surface area contributed by atoms with Crippen molar-refractivity contribution in [3.05, 3.63) is 151 Å². The second-order valence-electron chi connectivity index (χ2n) is 10.5. The zero-order valence-electron chi connectivity index (χ0n) is 21.5. The molecule has 9 rings (SSSR count). The summed E-state index contributed by atoms with van der Waals surface area (Å²) in [5.74, 6) is 0. The molecule has 40 heavy (non-hydrogen) atoms. The number of fused-ring (bicyclic) bond motifs is 9. The van der Waals surface area contributed by atoms with E-state index in [2.05, 4.69) is 144 Å². The van der Waals surface area contributed by atoms with Gasteiger partial charge in [0.15, 0.2) is 0 Å². The number of aromatic nitrogens is 1. The Balaban J connectivity index is 1.21. The second-order valence-corrected chi connectivity index (χ2v) is 13.3. The van der Waals surface area contributed by atoms with Crippen LogP contribution >= 0.6 is 23.5 Å². The van der Waals surface area contributed by atoms with Crippen LogP contribution in [-0.2, 0) is 4.08 Å². The zero-order chi connectivity index (χ0) is 26.3. The molecule has 1 aliphatic carbocycles. The molecule has 0 radical (unpaired) electrons. The average Bonchev–Trinajstić information content (AvgIpc) is 3.65. The zero-order valence-corrected chi connectivity index (χ0v) is 23.2. The molecule has 1 aromatic heterocycles. The third kappa shape index (κ3) is 3.08. The number of hydrogen-bond donors (Lipinski definition) is 0. The lowest BCUT2D eigenvalue weighted by atomic mass is 10.0. The van der Waals surface area contributed by atoms with Crippen molar-refractivity contribution in [3.63, 3.8) is 0 Å². The predicted molar refractivity (Wildman–Crippen MR) is 171 cm³/mol. The Morgan fingerprint density at radius 1 is 0.450 bits per heavy atom. The summed E-state index contributed by atoms with van der Waals surface area (Å²) in [5, 5.41) is 2.57. The van der Waals surface area contributed by atoms with Crippen LogP contribution in [0.2, 0.25) is 0 Å². The van der Waals surface area contributed by atoms with E-state index in [9.17, 15) is 0 Å². The summed E-state index contributed by atoms with van der Waals surface area (Å²) in [4.78, 5) is 2.70. The number of benzene rings is 6. The van der Waals surface area contributed by atoms with Gasteiger partial charge < -0.3 is 4.57 Å². The molecule has 7 aromatic rings. The molecule has 0 bridgehead atoms. The molecule has 6 aromatic carbocycles. The van der Waals surface area contributed by atoms with Crippen molar-refractivity contribution in [2.45, 2.75) is 13.9 Å². The first kappa shape index (κ1) is 22.6. The summed E-state index contributed by atoms with van der Waals surface area (Å²) >= 11 is 4.00. The summed E-state index contributed by atoms with van der Waals surface area (Å²) in [7, 11) is 0. The van der Waals surface area contributed by atoms with Crippen molar-refractivity contribution in [2.24, 2.45) is 0 Å². The van der Waals surface area contributed by atoms with Gasteiger partial charge in [0.2, 0.25) is 0 Å². The predicted octanol–water partition coefficient (Wildman–Crippen LogP) is 10.5. The van der Waals surface area contributed by atoms with E-state index in [-0.39, 0.29) is 4.08 Å². The van der Waals surface area contributed by atoms with Gasteiger partial charge in [-0.25, -0.2) is 0 Å². The Labute approximate surface area is 241 Å². The van der Waals surface area contributed by atoms with Gasteiger partial charge in [0, 0.05) is 26.3 Å². The molecule has 2 aliphatic rings. The van der Waals surface area contributed by atoms with Crippen LogP contribution in [0.1, 0.15) is 11.1 Å². The van der Waals surface area contributed by atoms with E-state index in [4.69, 9.17) is 0 Å². The molecule has 0 N–H and O–H groups in total. The molecule has 0 unspecified atom stereocenters. The number of hydrogen-bond acceptors (Lipinski definition) is 2. The minimum atomic E-state index is -0.139. The van der Waals surface area contributed by atoms with Gasteiger partial charge in [-0.15, -0.1) is 0 Å². The maximum atomic E-state index is 2.44. The van der Waals surface area contributed by atoms with Gasteiger partial charge >= 0.3 is 0 Å². The fourth-order valence-corrected chi connectivity index (χ4v) is 9.94. The molecule has 2 heterocycles.